The number of carboxylic acid groups (broad SMARTS) is 1. The van der Waals surface area contributed by atoms with E-state index in [0.717, 1.165) is 30.8 Å². The number of amides is 2. The molecule has 0 aliphatic rings. The van der Waals surface area contributed by atoms with Gasteiger partial charge in [0, 0.05) is 24.5 Å². The molecule has 0 atom stereocenters. The maximum atomic E-state index is 11.3. The van der Waals surface area contributed by atoms with E-state index in [1.807, 2.05) is 0 Å². The van der Waals surface area contributed by atoms with Crippen molar-refractivity contribution in [2.75, 3.05) is 11.9 Å². The van der Waals surface area contributed by atoms with Crippen molar-refractivity contribution in [2.24, 2.45) is 0 Å². The molecule has 0 radical (unpaired) electrons. The Hall–Kier alpha value is -1.77. The topological polar surface area (TPSA) is 117 Å². The first kappa shape index (κ1) is 14.3. The van der Waals surface area contributed by atoms with Gasteiger partial charge in [0.15, 0.2) is 0 Å². The number of aromatic nitrogens is 3. The van der Waals surface area contributed by atoms with E-state index in [0.29, 0.717) is 18.1 Å². The van der Waals surface area contributed by atoms with Crippen LogP contribution in [0.2, 0.25) is 0 Å². The molecule has 0 spiro atoms. The molecule has 0 unspecified atom stereocenters. The molecule has 0 fully saturated rings. The molecular weight excluding hydrogens is 258 g/mol. The van der Waals surface area contributed by atoms with Crippen molar-refractivity contribution < 1.29 is 14.7 Å². The quantitative estimate of drug-likeness (QED) is 0.610. The predicted molar refractivity (Wildman–Crippen MR) is 65.4 cm³/mol. The van der Waals surface area contributed by atoms with Crippen molar-refractivity contribution in [1.29, 1.82) is 0 Å². The van der Waals surface area contributed by atoms with Crippen molar-refractivity contribution in [1.82, 2.24) is 20.1 Å². The second-order valence-electron chi connectivity index (χ2n) is 3.61. The number of hydrogen-bond donors (Lipinski definition) is 3. The number of unbranched alkanes of at least 4 members (excludes halogenated alkanes) is 3. The first-order chi connectivity index (χ1) is 8.68. The number of anilines is 1. The van der Waals surface area contributed by atoms with Crippen LogP contribution < -0.4 is 10.6 Å². The Kier molecular flexibility index (Phi) is 6.62. The van der Waals surface area contributed by atoms with Crippen LogP contribution in [0.25, 0.3) is 0 Å². The summed E-state index contributed by atoms with van der Waals surface area (Å²) >= 11 is 1.00. The fraction of sp³-hybridized carbons (Fsp3) is 0.667. The van der Waals surface area contributed by atoms with Gasteiger partial charge in [0.2, 0.25) is 5.13 Å². The van der Waals surface area contributed by atoms with Crippen LogP contribution in [-0.4, -0.2) is 38.5 Å². The summed E-state index contributed by atoms with van der Waals surface area (Å²) in [7, 11) is 0. The molecule has 8 nitrogen and oxygen atoms in total. The van der Waals surface area contributed by atoms with Gasteiger partial charge in [-0.3, -0.25) is 10.1 Å². The highest BCUT2D eigenvalue weighted by Gasteiger charge is 2.03. The van der Waals surface area contributed by atoms with Crippen molar-refractivity contribution >= 4 is 28.7 Å². The zero-order valence-corrected chi connectivity index (χ0v) is 10.6. The van der Waals surface area contributed by atoms with Gasteiger partial charge in [-0.05, 0) is 18.1 Å². The molecule has 0 aliphatic heterocycles. The number of carbonyl (C=O) groups is 2. The van der Waals surface area contributed by atoms with Gasteiger partial charge in [0.05, 0.1) is 0 Å². The zero-order chi connectivity index (χ0) is 13.2. The number of nitrogens with one attached hydrogen (secondary N) is 2. The fourth-order valence-electron chi connectivity index (χ4n) is 1.28. The smallest absolute Gasteiger partial charge is 0.321 e. The summed E-state index contributed by atoms with van der Waals surface area (Å²) in [6.45, 7) is 0.547. The van der Waals surface area contributed by atoms with Gasteiger partial charge in [-0.15, -0.1) is 0 Å². The van der Waals surface area contributed by atoms with E-state index in [1.54, 1.807) is 0 Å². The van der Waals surface area contributed by atoms with Gasteiger partial charge >= 0.3 is 12.0 Å². The lowest BCUT2D eigenvalue weighted by atomic mass is 10.1. The summed E-state index contributed by atoms with van der Waals surface area (Å²) in [4.78, 5) is 21.5. The molecule has 0 bridgehead atoms. The average Bonchev–Trinajstić information content (AvgIpc) is 2.80. The Morgan fingerprint density at radius 1 is 1.22 bits per heavy atom. The Morgan fingerprint density at radius 3 is 2.67 bits per heavy atom. The van der Waals surface area contributed by atoms with Crippen molar-refractivity contribution in [3.8, 4) is 0 Å². The maximum Gasteiger partial charge on any atom is 0.321 e. The molecule has 1 aromatic rings. The van der Waals surface area contributed by atoms with E-state index in [9.17, 15) is 9.59 Å². The largest absolute Gasteiger partial charge is 0.481 e. The summed E-state index contributed by atoms with van der Waals surface area (Å²) in [6, 6.07) is -0.334. The molecule has 0 aliphatic carbocycles. The normalized spacial score (nSPS) is 10.0. The molecule has 1 aromatic heterocycles. The maximum absolute atomic E-state index is 11.3. The summed E-state index contributed by atoms with van der Waals surface area (Å²) in [5.74, 6) is -0.766. The second-order valence-corrected chi connectivity index (χ2v) is 4.34. The fourth-order valence-corrected chi connectivity index (χ4v) is 1.64. The van der Waals surface area contributed by atoms with Crippen LogP contribution in [0.1, 0.15) is 32.1 Å². The zero-order valence-electron chi connectivity index (χ0n) is 9.76. The summed E-state index contributed by atoms with van der Waals surface area (Å²) in [6.07, 6.45) is 3.46. The third-order valence-electron chi connectivity index (χ3n) is 2.12. The number of urea groups is 1. The number of carboxylic acids is 1. The molecule has 1 rings (SSSR count). The molecule has 2 amide bonds. The van der Waals surface area contributed by atoms with Gasteiger partial charge in [-0.2, -0.15) is 0 Å². The standard InChI is InChI=1S/C9H15N5O3S/c15-7(16)5-3-1-2-4-6-10-8(17)11-9-12-13-14-18-9/h1-6H2,(H,15,16)(H2,10,11,12,14,17). The van der Waals surface area contributed by atoms with Crippen LogP contribution in [0.5, 0.6) is 0 Å². The lowest BCUT2D eigenvalue weighted by Crippen LogP contribution is -2.29. The monoisotopic (exact) mass is 273 g/mol. The van der Waals surface area contributed by atoms with Crippen LogP contribution in [0, 0.1) is 0 Å². The lowest BCUT2D eigenvalue weighted by molar-refractivity contribution is -0.137. The SMILES string of the molecule is O=C(O)CCCCCCNC(=O)Nc1nnns1. The molecule has 0 saturated carbocycles. The van der Waals surface area contributed by atoms with Crippen molar-refractivity contribution in [3.63, 3.8) is 0 Å². The van der Waals surface area contributed by atoms with E-state index in [1.165, 1.54) is 0 Å². The number of carbonyl (C=O) groups excluding carboxylic acids is 1. The van der Waals surface area contributed by atoms with Crippen molar-refractivity contribution in [3.05, 3.63) is 0 Å². The Morgan fingerprint density at radius 2 is 2.00 bits per heavy atom. The third-order valence-corrected chi connectivity index (χ3v) is 2.63. The highest BCUT2D eigenvalue weighted by atomic mass is 32.1. The molecule has 18 heavy (non-hydrogen) atoms. The molecule has 9 heteroatoms. The Bertz CT molecular complexity index is 370. The number of hydrogen-bond acceptors (Lipinski definition) is 6. The molecule has 1 heterocycles. The van der Waals surface area contributed by atoms with E-state index in [2.05, 4.69) is 25.4 Å². The second kappa shape index (κ2) is 8.34. The average molecular weight is 273 g/mol. The molecular formula is C9H15N5O3S. The predicted octanol–water partition coefficient (Wildman–Crippen LogP) is 1.09. The van der Waals surface area contributed by atoms with Gasteiger partial charge in [-0.25, -0.2) is 4.79 Å². The number of rotatable bonds is 8. The van der Waals surface area contributed by atoms with Gasteiger partial charge in [0.1, 0.15) is 0 Å². The molecule has 3 N–H and O–H groups in total. The molecule has 0 aromatic carbocycles. The van der Waals surface area contributed by atoms with E-state index in [4.69, 9.17) is 5.11 Å². The third kappa shape index (κ3) is 6.74. The minimum absolute atomic E-state index is 0.206. The summed E-state index contributed by atoms with van der Waals surface area (Å²) in [5.41, 5.74) is 0. The van der Waals surface area contributed by atoms with Crippen LogP contribution in [0.3, 0.4) is 0 Å². The van der Waals surface area contributed by atoms with Gasteiger partial charge < -0.3 is 10.4 Å². The molecule has 0 saturated heterocycles. The number of aliphatic carboxylic acids is 1. The highest BCUT2D eigenvalue weighted by Crippen LogP contribution is 2.04. The summed E-state index contributed by atoms with van der Waals surface area (Å²) in [5, 5.41) is 20.9. The lowest BCUT2D eigenvalue weighted by Gasteiger charge is -2.04. The van der Waals surface area contributed by atoms with Crippen LogP contribution >= 0.6 is 11.5 Å². The summed E-state index contributed by atoms with van der Waals surface area (Å²) < 4.78 is 3.51. The highest BCUT2D eigenvalue weighted by molar-refractivity contribution is 7.09. The van der Waals surface area contributed by atoms with Gasteiger partial charge in [0.25, 0.3) is 0 Å². The van der Waals surface area contributed by atoms with E-state index >= 15 is 0 Å². The first-order valence-corrected chi connectivity index (χ1v) is 6.37. The van der Waals surface area contributed by atoms with Crippen molar-refractivity contribution in [2.45, 2.75) is 32.1 Å². The first-order valence-electron chi connectivity index (χ1n) is 5.60. The van der Waals surface area contributed by atoms with Crippen LogP contribution in [-0.2, 0) is 4.79 Å². The Labute approximate surface area is 108 Å². The van der Waals surface area contributed by atoms with Crippen LogP contribution in [0.15, 0.2) is 0 Å². The minimum Gasteiger partial charge on any atom is -0.481 e. The van der Waals surface area contributed by atoms with E-state index in [-0.39, 0.29) is 12.5 Å². The van der Waals surface area contributed by atoms with Crippen LogP contribution in [0.4, 0.5) is 9.93 Å². The molecule has 100 valence electrons. The minimum atomic E-state index is -0.766. The number of nitrogens with zero attached hydrogens (tertiary/aromatic N) is 3. The van der Waals surface area contributed by atoms with Gasteiger partial charge in [-0.1, -0.05) is 22.4 Å². The Balaban J connectivity index is 1.94. The van der Waals surface area contributed by atoms with E-state index < -0.39 is 5.97 Å².